The number of carbonyl (C=O) groups excluding carboxylic acids is 1. The van der Waals surface area contributed by atoms with Gasteiger partial charge in [-0.15, -0.1) is 12.4 Å². The lowest BCUT2D eigenvalue weighted by Gasteiger charge is -2.09. The van der Waals surface area contributed by atoms with Crippen LogP contribution in [0, 0.1) is 0 Å². The second kappa shape index (κ2) is 11.0. The van der Waals surface area contributed by atoms with E-state index in [4.69, 9.17) is 33.7 Å². The van der Waals surface area contributed by atoms with Gasteiger partial charge in [-0.05, 0) is 31.9 Å². The highest BCUT2D eigenvalue weighted by Gasteiger charge is 2.06. The Morgan fingerprint density at radius 1 is 1.43 bits per heavy atom. The largest absolute Gasteiger partial charge is 0.492 e. The SMILES string of the molecule is CC(N)CCNC(=O)CCCOc1cccc(Cl)c1Cl.Cl. The van der Waals surface area contributed by atoms with Crippen LogP contribution in [-0.2, 0) is 4.79 Å². The van der Waals surface area contributed by atoms with E-state index in [0.29, 0.717) is 41.8 Å². The van der Waals surface area contributed by atoms with Gasteiger partial charge in [0, 0.05) is 19.0 Å². The first-order chi connectivity index (χ1) is 9.50. The Morgan fingerprint density at radius 3 is 2.81 bits per heavy atom. The van der Waals surface area contributed by atoms with Crippen molar-refractivity contribution in [2.24, 2.45) is 5.73 Å². The van der Waals surface area contributed by atoms with Crippen molar-refractivity contribution in [3.63, 3.8) is 0 Å². The normalized spacial score (nSPS) is 11.4. The van der Waals surface area contributed by atoms with Crippen molar-refractivity contribution in [1.82, 2.24) is 5.32 Å². The molecule has 4 nitrogen and oxygen atoms in total. The average Bonchev–Trinajstić information content (AvgIpc) is 2.39. The van der Waals surface area contributed by atoms with Crippen molar-refractivity contribution < 1.29 is 9.53 Å². The molecule has 0 aliphatic heterocycles. The molecular weight excluding hydrogens is 335 g/mol. The first-order valence-electron chi connectivity index (χ1n) is 6.59. The summed E-state index contributed by atoms with van der Waals surface area (Å²) in [5.74, 6) is 0.544. The van der Waals surface area contributed by atoms with E-state index < -0.39 is 0 Å². The monoisotopic (exact) mass is 354 g/mol. The van der Waals surface area contributed by atoms with Crippen molar-refractivity contribution in [3.8, 4) is 5.75 Å². The summed E-state index contributed by atoms with van der Waals surface area (Å²) in [5, 5.41) is 3.67. The summed E-state index contributed by atoms with van der Waals surface area (Å²) >= 11 is 11.9. The number of rotatable bonds is 8. The zero-order chi connectivity index (χ0) is 15.0. The van der Waals surface area contributed by atoms with Crippen LogP contribution in [0.15, 0.2) is 18.2 Å². The van der Waals surface area contributed by atoms with Crippen molar-refractivity contribution in [2.45, 2.75) is 32.2 Å². The summed E-state index contributed by atoms with van der Waals surface area (Å²) in [7, 11) is 0. The number of nitrogens with two attached hydrogens (primary N) is 1. The molecule has 3 N–H and O–H groups in total. The topological polar surface area (TPSA) is 64.3 Å². The van der Waals surface area contributed by atoms with Crippen molar-refractivity contribution >= 4 is 41.5 Å². The smallest absolute Gasteiger partial charge is 0.220 e. The second-order valence-electron chi connectivity index (χ2n) is 4.62. The Morgan fingerprint density at radius 2 is 2.14 bits per heavy atom. The predicted octanol–water partition coefficient (Wildman–Crippen LogP) is 3.43. The quantitative estimate of drug-likeness (QED) is 0.702. The van der Waals surface area contributed by atoms with Gasteiger partial charge >= 0.3 is 0 Å². The Labute approximate surface area is 141 Å². The Hall–Kier alpha value is -0.680. The van der Waals surface area contributed by atoms with Crippen LogP contribution in [0.3, 0.4) is 0 Å². The molecule has 0 fully saturated rings. The molecular formula is C14H21Cl3N2O2. The van der Waals surface area contributed by atoms with E-state index in [9.17, 15) is 4.79 Å². The van der Waals surface area contributed by atoms with Crippen LogP contribution >= 0.6 is 35.6 Å². The van der Waals surface area contributed by atoms with Gasteiger partial charge in [-0.25, -0.2) is 0 Å². The average molecular weight is 356 g/mol. The molecule has 1 amide bonds. The standard InChI is InChI=1S/C14H20Cl2N2O2.ClH/c1-10(17)7-8-18-13(19)6-3-9-20-12-5-2-4-11(15)14(12)16;/h2,4-5,10H,3,6-9,17H2,1H3,(H,18,19);1H. The highest BCUT2D eigenvalue weighted by molar-refractivity contribution is 6.42. The summed E-state index contributed by atoms with van der Waals surface area (Å²) in [6, 6.07) is 5.31. The van der Waals surface area contributed by atoms with E-state index in [1.165, 1.54) is 0 Å². The third kappa shape index (κ3) is 8.37. The van der Waals surface area contributed by atoms with Crippen LogP contribution in [0.4, 0.5) is 0 Å². The molecule has 1 aromatic carbocycles. The second-order valence-corrected chi connectivity index (χ2v) is 5.41. The van der Waals surface area contributed by atoms with E-state index >= 15 is 0 Å². The lowest BCUT2D eigenvalue weighted by Crippen LogP contribution is -2.28. The number of amides is 1. The van der Waals surface area contributed by atoms with E-state index in [0.717, 1.165) is 6.42 Å². The zero-order valence-corrected chi connectivity index (χ0v) is 14.2. The van der Waals surface area contributed by atoms with Gasteiger partial charge in [0.05, 0.1) is 11.6 Å². The van der Waals surface area contributed by atoms with Gasteiger partial charge in [-0.2, -0.15) is 0 Å². The summed E-state index contributed by atoms with van der Waals surface area (Å²) in [6.07, 6.45) is 1.81. The fourth-order valence-electron chi connectivity index (χ4n) is 1.54. The summed E-state index contributed by atoms with van der Waals surface area (Å²) < 4.78 is 5.49. The maximum atomic E-state index is 11.5. The Balaban J connectivity index is 0.00000400. The van der Waals surface area contributed by atoms with Crippen LogP contribution in [0.5, 0.6) is 5.75 Å². The molecule has 0 aliphatic rings. The van der Waals surface area contributed by atoms with Gasteiger partial charge < -0.3 is 15.8 Å². The minimum atomic E-state index is 0. The van der Waals surface area contributed by atoms with Gasteiger partial charge in [0.25, 0.3) is 0 Å². The number of halogens is 3. The molecule has 7 heteroatoms. The molecule has 21 heavy (non-hydrogen) atoms. The molecule has 0 spiro atoms. The molecule has 1 aromatic rings. The third-order valence-electron chi connectivity index (χ3n) is 2.64. The van der Waals surface area contributed by atoms with E-state index in [2.05, 4.69) is 5.32 Å². The number of carbonyl (C=O) groups is 1. The van der Waals surface area contributed by atoms with Gasteiger partial charge in [-0.3, -0.25) is 4.79 Å². The molecule has 0 radical (unpaired) electrons. The van der Waals surface area contributed by atoms with Crippen LogP contribution in [0.1, 0.15) is 26.2 Å². The number of ether oxygens (including phenoxy) is 1. The van der Waals surface area contributed by atoms with Gasteiger partial charge in [0.15, 0.2) is 0 Å². The Bertz CT molecular complexity index is 442. The van der Waals surface area contributed by atoms with E-state index in [-0.39, 0.29) is 24.4 Å². The molecule has 1 rings (SSSR count). The maximum Gasteiger partial charge on any atom is 0.220 e. The van der Waals surface area contributed by atoms with Crippen molar-refractivity contribution in [2.75, 3.05) is 13.2 Å². The van der Waals surface area contributed by atoms with Crippen LogP contribution in [-0.4, -0.2) is 25.1 Å². The van der Waals surface area contributed by atoms with Crippen LogP contribution < -0.4 is 15.8 Å². The number of nitrogens with one attached hydrogen (secondary N) is 1. The van der Waals surface area contributed by atoms with Crippen molar-refractivity contribution in [3.05, 3.63) is 28.2 Å². The molecule has 0 saturated carbocycles. The fraction of sp³-hybridized carbons (Fsp3) is 0.500. The summed E-state index contributed by atoms with van der Waals surface area (Å²) in [6.45, 7) is 2.94. The predicted molar refractivity (Wildman–Crippen MR) is 89.7 cm³/mol. The molecule has 0 saturated heterocycles. The lowest BCUT2D eigenvalue weighted by molar-refractivity contribution is -0.121. The molecule has 0 aliphatic carbocycles. The molecule has 0 heterocycles. The summed E-state index contributed by atoms with van der Waals surface area (Å²) in [5.41, 5.74) is 5.60. The van der Waals surface area contributed by atoms with Crippen LogP contribution in [0.25, 0.3) is 0 Å². The van der Waals surface area contributed by atoms with E-state index in [1.807, 2.05) is 6.92 Å². The molecule has 1 unspecified atom stereocenters. The van der Waals surface area contributed by atoms with E-state index in [1.54, 1.807) is 18.2 Å². The van der Waals surface area contributed by atoms with Crippen molar-refractivity contribution in [1.29, 1.82) is 0 Å². The molecule has 120 valence electrons. The molecule has 0 aromatic heterocycles. The number of hydrogen-bond acceptors (Lipinski definition) is 3. The maximum absolute atomic E-state index is 11.5. The summed E-state index contributed by atoms with van der Waals surface area (Å²) in [4.78, 5) is 11.5. The van der Waals surface area contributed by atoms with Gasteiger partial charge in [0.1, 0.15) is 10.8 Å². The number of benzene rings is 1. The first kappa shape index (κ1) is 20.3. The molecule has 1 atom stereocenters. The highest BCUT2D eigenvalue weighted by atomic mass is 35.5. The van der Waals surface area contributed by atoms with Gasteiger partial charge in [0.2, 0.25) is 5.91 Å². The zero-order valence-electron chi connectivity index (χ0n) is 11.9. The first-order valence-corrected chi connectivity index (χ1v) is 7.35. The minimum absolute atomic E-state index is 0. The number of hydrogen-bond donors (Lipinski definition) is 2. The molecule has 0 bridgehead atoms. The lowest BCUT2D eigenvalue weighted by atomic mass is 10.2. The minimum Gasteiger partial charge on any atom is -0.492 e. The third-order valence-corrected chi connectivity index (χ3v) is 3.45. The fourth-order valence-corrected chi connectivity index (χ4v) is 1.88. The Kier molecular flexibility index (Phi) is 10.6. The van der Waals surface area contributed by atoms with Gasteiger partial charge in [-0.1, -0.05) is 29.3 Å². The highest BCUT2D eigenvalue weighted by Crippen LogP contribution is 2.31. The van der Waals surface area contributed by atoms with Crippen LogP contribution in [0.2, 0.25) is 10.0 Å².